The number of para-hydroxylation sites is 2. The summed E-state index contributed by atoms with van der Waals surface area (Å²) >= 11 is 3.55. The third kappa shape index (κ3) is 1.58. The van der Waals surface area contributed by atoms with Crippen LogP contribution in [-0.4, -0.2) is 19.3 Å². The Bertz CT molecular complexity index is 711. The van der Waals surface area contributed by atoms with Gasteiger partial charge in [0.2, 0.25) is 0 Å². The van der Waals surface area contributed by atoms with Gasteiger partial charge in [0.25, 0.3) is 0 Å². The predicted molar refractivity (Wildman–Crippen MR) is 75.3 cm³/mol. The highest BCUT2D eigenvalue weighted by Crippen LogP contribution is 2.29. The van der Waals surface area contributed by atoms with Crippen molar-refractivity contribution in [3.8, 4) is 11.4 Å². The second-order valence-electron chi connectivity index (χ2n) is 4.14. The molecule has 4 nitrogen and oxygen atoms in total. The van der Waals surface area contributed by atoms with Crippen molar-refractivity contribution in [2.24, 2.45) is 7.05 Å². The highest BCUT2D eigenvalue weighted by Gasteiger charge is 2.16. The van der Waals surface area contributed by atoms with Crippen molar-refractivity contribution in [1.82, 2.24) is 19.3 Å². The summed E-state index contributed by atoms with van der Waals surface area (Å²) in [5.41, 5.74) is 3.20. The van der Waals surface area contributed by atoms with E-state index < -0.39 is 0 Å². The van der Waals surface area contributed by atoms with Crippen LogP contribution in [0.5, 0.6) is 0 Å². The number of nitrogens with zero attached hydrogens (tertiary/aromatic N) is 4. The molecule has 3 rings (SSSR count). The van der Waals surface area contributed by atoms with E-state index in [9.17, 15) is 0 Å². The van der Waals surface area contributed by atoms with E-state index in [-0.39, 0.29) is 0 Å². The van der Waals surface area contributed by atoms with Crippen molar-refractivity contribution >= 4 is 27.0 Å². The van der Waals surface area contributed by atoms with E-state index >= 15 is 0 Å². The van der Waals surface area contributed by atoms with Gasteiger partial charge in [-0.25, -0.2) is 4.98 Å². The molecule has 2 aromatic heterocycles. The summed E-state index contributed by atoms with van der Waals surface area (Å²) in [6, 6.07) is 8.19. The Morgan fingerprint density at radius 1 is 1.28 bits per heavy atom. The molecule has 5 heteroatoms. The van der Waals surface area contributed by atoms with Gasteiger partial charge in [0.05, 0.1) is 22.8 Å². The van der Waals surface area contributed by atoms with E-state index in [0.29, 0.717) is 0 Å². The van der Waals surface area contributed by atoms with Gasteiger partial charge in [-0.05, 0) is 35.0 Å². The maximum atomic E-state index is 4.71. The third-order valence-electron chi connectivity index (χ3n) is 3.08. The average molecular weight is 305 g/mol. The number of benzene rings is 1. The van der Waals surface area contributed by atoms with Crippen LogP contribution in [0.1, 0.15) is 6.92 Å². The number of aromatic nitrogens is 4. The zero-order valence-electron chi connectivity index (χ0n) is 10.3. The Kier molecular flexibility index (Phi) is 2.70. The smallest absolute Gasteiger partial charge is 0.145 e. The normalized spacial score (nSPS) is 11.3. The molecule has 0 fully saturated rings. The largest absolute Gasteiger partial charge is 0.324 e. The molecule has 0 saturated heterocycles. The fourth-order valence-electron chi connectivity index (χ4n) is 2.17. The molecule has 0 saturated carbocycles. The number of aryl methyl sites for hydroxylation is 2. The van der Waals surface area contributed by atoms with E-state index in [2.05, 4.69) is 38.6 Å². The van der Waals surface area contributed by atoms with Gasteiger partial charge in [0.1, 0.15) is 10.4 Å². The first-order valence-corrected chi connectivity index (χ1v) is 6.64. The average Bonchev–Trinajstić information content (AvgIpc) is 2.91. The van der Waals surface area contributed by atoms with Crippen LogP contribution in [0.4, 0.5) is 0 Å². The summed E-state index contributed by atoms with van der Waals surface area (Å²) < 4.78 is 4.96. The molecule has 0 radical (unpaired) electrons. The van der Waals surface area contributed by atoms with Crippen LogP contribution in [-0.2, 0) is 13.6 Å². The van der Waals surface area contributed by atoms with Gasteiger partial charge in [-0.1, -0.05) is 12.1 Å². The van der Waals surface area contributed by atoms with Crippen molar-refractivity contribution in [1.29, 1.82) is 0 Å². The van der Waals surface area contributed by atoms with Crippen molar-refractivity contribution in [3.05, 3.63) is 35.1 Å². The van der Waals surface area contributed by atoms with Gasteiger partial charge in [-0.3, -0.25) is 4.68 Å². The summed E-state index contributed by atoms with van der Waals surface area (Å²) in [5.74, 6) is 0.957. The van der Waals surface area contributed by atoms with Gasteiger partial charge >= 0.3 is 0 Å². The molecule has 2 heterocycles. The van der Waals surface area contributed by atoms with Crippen LogP contribution in [0, 0.1) is 0 Å². The molecular weight excluding hydrogens is 292 g/mol. The highest BCUT2D eigenvalue weighted by molar-refractivity contribution is 9.10. The molecule has 0 bridgehead atoms. The van der Waals surface area contributed by atoms with Crippen molar-refractivity contribution in [2.75, 3.05) is 0 Å². The Morgan fingerprint density at radius 3 is 2.72 bits per heavy atom. The van der Waals surface area contributed by atoms with Gasteiger partial charge < -0.3 is 4.57 Å². The minimum absolute atomic E-state index is 0.886. The fourth-order valence-corrected chi connectivity index (χ4v) is 2.55. The molecule has 0 atom stereocenters. The monoisotopic (exact) mass is 304 g/mol. The summed E-state index contributed by atoms with van der Waals surface area (Å²) in [6.45, 7) is 3.01. The Labute approximate surface area is 113 Å². The Hall–Kier alpha value is -1.62. The third-order valence-corrected chi connectivity index (χ3v) is 4.02. The van der Waals surface area contributed by atoms with Crippen molar-refractivity contribution in [2.45, 2.75) is 13.5 Å². The van der Waals surface area contributed by atoms with Crippen LogP contribution in [0.15, 0.2) is 35.1 Å². The lowest BCUT2D eigenvalue weighted by molar-refractivity contribution is 0.749. The quantitative estimate of drug-likeness (QED) is 0.729. The molecule has 0 aliphatic rings. The first-order chi connectivity index (χ1) is 8.72. The minimum atomic E-state index is 0.886. The van der Waals surface area contributed by atoms with Crippen LogP contribution in [0.3, 0.4) is 0 Å². The fraction of sp³-hybridized carbons (Fsp3) is 0.231. The van der Waals surface area contributed by atoms with E-state index in [1.165, 1.54) is 0 Å². The molecule has 0 amide bonds. The summed E-state index contributed by atoms with van der Waals surface area (Å²) in [7, 11) is 1.91. The molecule has 0 N–H and O–H groups in total. The molecule has 92 valence electrons. The standard InChI is InChI=1S/C13H13BrN4/c1-3-18-11-7-5-4-6-10(11)16-13(18)9-8-15-17(2)12(9)14/h4-8H,3H2,1-2H3. The molecule has 18 heavy (non-hydrogen) atoms. The maximum Gasteiger partial charge on any atom is 0.145 e. The van der Waals surface area contributed by atoms with E-state index in [4.69, 9.17) is 4.98 Å². The van der Waals surface area contributed by atoms with E-state index in [1.807, 2.05) is 31.4 Å². The van der Waals surface area contributed by atoms with Crippen LogP contribution in [0.2, 0.25) is 0 Å². The molecule has 3 aromatic rings. The van der Waals surface area contributed by atoms with Gasteiger partial charge in [0, 0.05) is 13.6 Å². The van der Waals surface area contributed by atoms with E-state index in [1.54, 1.807) is 4.68 Å². The summed E-state index contributed by atoms with van der Waals surface area (Å²) in [5, 5.41) is 4.25. The Morgan fingerprint density at radius 2 is 2.06 bits per heavy atom. The predicted octanol–water partition coefficient (Wildman–Crippen LogP) is 3.22. The number of rotatable bonds is 2. The van der Waals surface area contributed by atoms with Crippen LogP contribution in [0.25, 0.3) is 22.4 Å². The van der Waals surface area contributed by atoms with Crippen LogP contribution >= 0.6 is 15.9 Å². The second-order valence-corrected chi connectivity index (χ2v) is 4.89. The lowest BCUT2D eigenvalue weighted by Gasteiger charge is -2.04. The summed E-state index contributed by atoms with van der Waals surface area (Å²) in [4.78, 5) is 4.71. The summed E-state index contributed by atoms with van der Waals surface area (Å²) in [6.07, 6.45) is 1.84. The topological polar surface area (TPSA) is 35.6 Å². The molecular formula is C13H13BrN4. The minimum Gasteiger partial charge on any atom is -0.324 e. The van der Waals surface area contributed by atoms with Gasteiger partial charge in [-0.15, -0.1) is 0 Å². The zero-order chi connectivity index (χ0) is 12.7. The van der Waals surface area contributed by atoms with Gasteiger partial charge in [-0.2, -0.15) is 5.10 Å². The van der Waals surface area contributed by atoms with Crippen LogP contribution < -0.4 is 0 Å². The van der Waals surface area contributed by atoms with Crippen molar-refractivity contribution in [3.63, 3.8) is 0 Å². The molecule has 0 aliphatic heterocycles. The molecule has 0 unspecified atom stereocenters. The van der Waals surface area contributed by atoms with E-state index in [0.717, 1.165) is 33.6 Å². The lowest BCUT2D eigenvalue weighted by Crippen LogP contribution is -1.97. The highest BCUT2D eigenvalue weighted by atomic mass is 79.9. The lowest BCUT2D eigenvalue weighted by atomic mass is 10.3. The number of hydrogen-bond acceptors (Lipinski definition) is 2. The number of fused-ring (bicyclic) bond motifs is 1. The molecule has 0 spiro atoms. The maximum absolute atomic E-state index is 4.71. The number of hydrogen-bond donors (Lipinski definition) is 0. The zero-order valence-corrected chi connectivity index (χ0v) is 11.8. The SMILES string of the molecule is CCn1c(-c2cnn(C)c2Br)nc2ccccc21. The first kappa shape index (κ1) is 11.5. The molecule has 0 aliphatic carbocycles. The second kappa shape index (κ2) is 4.24. The number of imidazole rings is 1. The first-order valence-electron chi connectivity index (χ1n) is 5.85. The number of halogens is 1. The molecule has 1 aromatic carbocycles. The van der Waals surface area contributed by atoms with Gasteiger partial charge in [0.15, 0.2) is 0 Å². The van der Waals surface area contributed by atoms with Crippen molar-refractivity contribution < 1.29 is 0 Å². The Balaban J connectivity index is 2.32.